The number of nitrogens with zero attached hydrogens (tertiary/aromatic N) is 7. The van der Waals surface area contributed by atoms with Crippen LogP contribution in [-0.2, 0) is 11.3 Å². The Morgan fingerprint density at radius 2 is 1.96 bits per heavy atom. The van der Waals surface area contributed by atoms with Gasteiger partial charge in [0, 0.05) is 32.7 Å². The smallest absolute Gasteiger partial charge is 0.235 e. The SMILES string of the molecule is CC(Sc1nnnn1C1CC1)C(=O)N1CCN(Cc2ccc(C#N)cc2)CC1. The maximum Gasteiger partial charge on any atom is 0.235 e. The summed E-state index contributed by atoms with van der Waals surface area (Å²) in [5.74, 6) is 0.147. The summed E-state index contributed by atoms with van der Waals surface area (Å²) in [6.45, 7) is 5.93. The van der Waals surface area contributed by atoms with Crippen LogP contribution in [0.5, 0.6) is 0 Å². The third-order valence-corrected chi connectivity index (χ3v) is 6.19. The fraction of sp³-hybridized carbons (Fsp3) is 0.526. The molecule has 1 atom stereocenters. The Morgan fingerprint density at radius 3 is 2.61 bits per heavy atom. The third-order valence-electron chi connectivity index (χ3n) is 5.16. The van der Waals surface area contributed by atoms with E-state index < -0.39 is 0 Å². The molecule has 1 aliphatic carbocycles. The number of aromatic nitrogens is 4. The van der Waals surface area contributed by atoms with Crippen LogP contribution in [0, 0.1) is 11.3 Å². The number of hydrogen-bond acceptors (Lipinski definition) is 7. The van der Waals surface area contributed by atoms with Crippen molar-refractivity contribution in [3.8, 4) is 6.07 Å². The van der Waals surface area contributed by atoms with E-state index in [1.807, 2.05) is 40.8 Å². The van der Waals surface area contributed by atoms with Crippen LogP contribution in [0.1, 0.15) is 36.9 Å². The van der Waals surface area contributed by atoms with Gasteiger partial charge < -0.3 is 4.90 Å². The molecule has 1 saturated carbocycles. The van der Waals surface area contributed by atoms with Gasteiger partial charge >= 0.3 is 0 Å². The molecule has 146 valence electrons. The van der Waals surface area contributed by atoms with E-state index in [-0.39, 0.29) is 11.2 Å². The number of benzene rings is 1. The van der Waals surface area contributed by atoms with Crippen LogP contribution in [-0.4, -0.2) is 67.3 Å². The lowest BCUT2D eigenvalue weighted by Gasteiger charge is -2.35. The fourth-order valence-electron chi connectivity index (χ4n) is 3.35. The Hall–Kier alpha value is -2.44. The fourth-order valence-corrected chi connectivity index (χ4v) is 4.29. The van der Waals surface area contributed by atoms with Crippen molar-refractivity contribution in [2.75, 3.05) is 26.2 Å². The van der Waals surface area contributed by atoms with Crippen molar-refractivity contribution in [2.24, 2.45) is 0 Å². The molecule has 9 heteroatoms. The van der Waals surface area contributed by atoms with Gasteiger partial charge in [-0.1, -0.05) is 23.9 Å². The lowest BCUT2D eigenvalue weighted by atomic mass is 10.1. The molecular formula is C19H23N7OS. The second-order valence-electron chi connectivity index (χ2n) is 7.31. The van der Waals surface area contributed by atoms with Crippen molar-refractivity contribution in [3.63, 3.8) is 0 Å². The first kappa shape index (κ1) is 18.9. The highest BCUT2D eigenvalue weighted by molar-refractivity contribution is 8.00. The highest BCUT2D eigenvalue weighted by atomic mass is 32.2. The van der Waals surface area contributed by atoms with Crippen molar-refractivity contribution >= 4 is 17.7 Å². The quantitative estimate of drug-likeness (QED) is 0.685. The number of tetrazole rings is 1. The van der Waals surface area contributed by atoms with Crippen molar-refractivity contribution in [1.29, 1.82) is 5.26 Å². The number of hydrogen-bond donors (Lipinski definition) is 0. The summed E-state index contributed by atoms with van der Waals surface area (Å²) in [4.78, 5) is 17.1. The average Bonchev–Trinajstić information content (AvgIpc) is 3.47. The predicted octanol–water partition coefficient (Wildman–Crippen LogP) is 1.70. The minimum atomic E-state index is -0.200. The minimum Gasteiger partial charge on any atom is -0.339 e. The molecule has 1 aromatic heterocycles. The van der Waals surface area contributed by atoms with E-state index in [0.717, 1.165) is 50.7 Å². The van der Waals surface area contributed by atoms with Gasteiger partial charge in [-0.15, -0.1) is 5.10 Å². The van der Waals surface area contributed by atoms with Gasteiger partial charge in [-0.3, -0.25) is 9.69 Å². The summed E-state index contributed by atoms with van der Waals surface area (Å²) in [7, 11) is 0. The maximum atomic E-state index is 12.8. The van der Waals surface area contributed by atoms with E-state index in [4.69, 9.17) is 5.26 Å². The number of piperazine rings is 1. The number of carbonyl (C=O) groups excluding carboxylic acids is 1. The standard InChI is InChI=1S/C19H23N7OS/c1-14(28-19-21-22-23-26(19)17-6-7-17)18(27)25-10-8-24(9-11-25)13-16-4-2-15(12-20)3-5-16/h2-5,14,17H,6-11,13H2,1H3. The summed E-state index contributed by atoms with van der Waals surface area (Å²) in [6.07, 6.45) is 2.23. The van der Waals surface area contributed by atoms with Crippen LogP contribution in [0.25, 0.3) is 0 Å². The Labute approximate surface area is 168 Å². The molecule has 1 aliphatic heterocycles. The normalized spacial score (nSPS) is 18.6. The Kier molecular flexibility index (Phi) is 5.59. The Balaban J connectivity index is 1.27. The molecular weight excluding hydrogens is 374 g/mol. The maximum absolute atomic E-state index is 12.8. The summed E-state index contributed by atoms with van der Waals surface area (Å²) in [5.41, 5.74) is 1.87. The van der Waals surface area contributed by atoms with Gasteiger partial charge in [-0.2, -0.15) is 5.26 Å². The van der Waals surface area contributed by atoms with Crippen LogP contribution in [0.4, 0.5) is 0 Å². The molecule has 1 saturated heterocycles. The average molecular weight is 398 g/mol. The summed E-state index contributed by atoms with van der Waals surface area (Å²) in [6, 6.07) is 10.2. The summed E-state index contributed by atoms with van der Waals surface area (Å²) in [5, 5.41) is 21.3. The first-order valence-electron chi connectivity index (χ1n) is 9.59. The van der Waals surface area contributed by atoms with Crippen molar-refractivity contribution in [3.05, 3.63) is 35.4 Å². The Morgan fingerprint density at radius 1 is 1.25 bits per heavy atom. The molecule has 8 nitrogen and oxygen atoms in total. The van der Waals surface area contributed by atoms with E-state index in [2.05, 4.69) is 26.5 Å². The van der Waals surface area contributed by atoms with E-state index in [0.29, 0.717) is 11.6 Å². The lowest BCUT2D eigenvalue weighted by Crippen LogP contribution is -2.50. The minimum absolute atomic E-state index is 0.147. The summed E-state index contributed by atoms with van der Waals surface area (Å²) < 4.78 is 1.85. The zero-order chi connectivity index (χ0) is 19.5. The van der Waals surface area contributed by atoms with Gasteiger partial charge in [0.2, 0.25) is 11.1 Å². The first-order valence-corrected chi connectivity index (χ1v) is 10.5. The molecule has 0 radical (unpaired) electrons. The lowest BCUT2D eigenvalue weighted by molar-refractivity contribution is -0.132. The molecule has 0 bridgehead atoms. The second-order valence-corrected chi connectivity index (χ2v) is 8.62. The second kappa shape index (κ2) is 8.29. The molecule has 0 N–H and O–H groups in total. The molecule has 2 aromatic rings. The van der Waals surface area contributed by atoms with Crippen LogP contribution >= 0.6 is 11.8 Å². The van der Waals surface area contributed by atoms with Gasteiger partial charge in [-0.25, -0.2) is 4.68 Å². The van der Waals surface area contributed by atoms with Gasteiger partial charge in [0.05, 0.1) is 22.9 Å². The van der Waals surface area contributed by atoms with Gasteiger partial charge in [0.15, 0.2) is 0 Å². The number of rotatable bonds is 6. The van der Waals surface area contributed by atoms with Crippen molar-refractivity contribution < 1.29 is 4.79 Å². The molecule has 1 unspecified atom stereocenters. The number of nitriles is 1. The molecule has 0 spiro atoms. The summed E-state index contributed by atoms with van der Waals surface area (Å²) >= 11 is 1.45. The first-order chi connectivity index (χ1) is 13.6. The van der Waals surface area contributed by atoms with Crippen LogP contribution < -0.4 is 0 Å². The third kappa shape index (κ3) is 4.34. The molecule has 28 heavy (non-hydrogen) atoms. The molecule has 4 rings (SSSR count). The highest BCUT2D eigenvalue weighted by Crippen LogP contribution is 2.37. The zero-order valence-corrected chi connectivity index (χ0v) is 16.7. The largest absolute Gasteiger partial charge is 0.339 e. The van der Waals surface area contributed by atoms with Crippen LogP contribution in [0.3, 0.4) is 0 Å². The number of thioether (sulfide) groups is 1. The van der Waals surface area contributed by atoms with Crippen LogP contribution in [0.15, 0.2) is 29.4 Å². The Bertz CT molecular complexity index is 863. The highest BCUT2D eigenvalue weighted by Gasteiger charge is 2.31. The van der Waals surface area contributed by atoms with E-state index in [1.165, 1.54) is 17.3 Å². The van der Waals surface area contributed by atoms with E-state index >= 15 is 0 Å². The van der Waals surface area contributed by atoms with E-state index in [9.17, 15) is 4.79 Å². The monoisotopic (exact) mass is 397 g/mol. The van der Waals surface area contributed by atoms with E-state index in [1.54, 1.807) is 0 Å². The molecule has 2 heterocycles. The zero-order valence-electron chi connectivity index (χ0n) is 15.9. The topological polar surface area (TPSA) is 90.9 Å². The van der Waals surface area contributed by atoms with Crippen molar-refractivity contribution in [1.82, 2.24) is 30.0 Å². The number of amides is 1. The van der Waals surface area contributed by atoms with Gasteiger partial charge in [-0.05, 0) is 47.9 Å². The predicted molar refractivity (Wildman–Crippen MR) is 104 cm³/mol. The van der Waals surface area contributed by atoms with Crippen LogP contribution in [0.2, 0.25) is 0 Å². The van der Waals surface area contributed by atoms with Gasteiger partial charge in [0.1, 0.15) is 0 Å². The molecule has 2 aliphatic rings. The molecule has 1 aromatic carbocycles. The number of carbonyl (C=O) groups is 1. The molecule has 2 fully saturated rings. The molecule has 1 amide bonds. The van der Waals surface area contributed by atoms with Crippen molar-refractivity contribution in [2.45, 2.75) is 42.8 Å². The van der Waals surface area contributed by atoms with Gasteiger partial charge in [0.25, 0.3) is 0 Å².